The summed E-state index contributed by atoms with van der Waals surface area (Å²) in [4.78, 5) is 2.43. The van der Waals surface area contributed by atoms with Gasteiger partial charge in [-0.15, -0.1) is 0 Å². The minimum atomic E-state index is 0.334. The summed E-state index contributed by atoms with van der Waals surface area (Å²) in [5, 5.41) is 0. The van der Waals surface area contributed by atoms with Crippen molar-refractivity contribution in [3.8, 4) is 0 Å². The Kier molecular flexibility index (Phi) is 4.94. The maximum atomic E-state index is 6.05. The molecule has 0 radical (unpaired) electrons. The number of benzene rings is 1. The Balaban J connectivity index is 1.62. The second-order valence-electron chi connectivity index (χ2n) is 6.69. The molecule has 1 saturated heterocycles. The van der Waals surface area contributed by atoms with Crippen molar-refractivity contribution < 1.29 is 4.74 Å². The highest BCUT2D eigenvalue weighted by Gasteiger charge is 2.24. The Morgan fingerprint density at radius 2 is 1.81 bits per heavy atom. The average molecular weight is 288 g/mol. The van der Waals surface area contributed by atoms with E-state index in [0.717, 1.165) is 31.6 Å². The summed E-state index contributed by atoms with van der Waals surface area (Å²) >= 11 is 0. The first-order chi connectivity index (χ1) is 10.3. The quantitative estimate of drug-likeness (QED) is 0.874. The lowest BCUT2D eigenvalue weighted by Gasteiger charge is -2.32. The molecule has 0 spiro atoms. The minimum Gasteiger partial charge on any atom is -0.381 e. The maximum absolute atomic E-state index is 6.05. The molecule has 1 unspecified atom stereocenters. The predicted octanol–water partition coefficient (Wildman–Crippen LogP) is 2.92. The molecule has 1 heterocycles. The molecular weight excluding hydrogens is 260 g/mol. The van der Waals surface area contributed by atoms with Crippen LogP contribution in [0, 0.1) is 5.92 Å². The molecule has 116 valence electrons. The van der Waals surface area contributed by atoms with Gasteiger partial charge in [0.1, 0.15) is 0 Å². The van der Waals surface area contributed by atoms with Gasteiger partial charge in [-0.05, 0) is 55.7 Å². The van der Waals surface area contributed by atoms with Crippen molar-refractivity contribution in [3.63, 3.8) is 0 Å². The highest BCUT2D eigenvalue weighted by atomic mass is 16.5. The number of nitrogens with two attached hydrogens (primary N) is 1. The van der Waals surface area contributed by atoms with Gasteiger partial charge in [0.05, 0.1) is 0 Å². The first-order valence-electron chi connectivity index (χ1n) is 8.36. The topological polar surface area (TPSA) is 38.5 Å². The average Bonchev–Trinajstić information content (AvgIpc) is 3.34. The van der Waals surface area contributed by atoms with Crippen molar-refractivity contribution in [2.24, 2.45) is 11.7 Å². The highest BCUT2D eigenvalue weighted by Crippen LogP contribution is 2.40. The second-order valence-corrected chi connectivity index (χ2v) is 6.69. The van der Waals surface area contributed by atoms with E-state index in [-0.39, 0.29) is 0 Å². The third kappa shape index (κ3) is 3.85. The van der Waals surface area contributed by atoms with E-state index in [9.17, 15) is 0 Å². The Morgan fingerprint density at radius 1 is 1.14 bits per heavy atom. The normalized spacial score (nSPS) is 21.7. The van der Waals surface area contributed by atoms with E-state index in [1.807, 2.05) is 0 Å². The van der Waals surface area contributed by atoms with Crippen LogP contribution in [0.5, 0.6) is 0 Å². The van der Waals surface area contributed by atoms with Gasteiger partial charge >= 0.3 is 0 Å². The molecule has 0 aromatic heterocycles. The zero-order chi connectivity index (χ0) is 14.7. The molecule has 1 aromatic rings. The van der Waals surface area contributed by atoms with Crippen molar-refractivity contribution in [3.05, 3.63) is 35.4 Å². The number of nitrogens with zero attached hydrogens (tertiary/aromatic N) is 1. The largest absolute Gasteiger partial charge is 0.381 e. The highest BCUT2D eigenvalue weighted by molar-refractivity contribution is 5.29. The summed E-state index contributed by atoms with van der Waals surface area (Å²) in [6.07, 6.45) is 5.09. The first-order valence-corrected chi connectivity index (χ1v) is 8.36. The molecule has 1 aliphatic heterocycles. The van der Waals surface area contributed by atoms with Gasteiger partial charge in [0, 0.05) is 32.3 Å². The minimum absolute atomic E-state index is 0.334. The van der Waals surface area contributed by atoms with Crippen LogP contribution >= 0.6 is 0 Å². The lowest BCUT2D eigenvalue weighted by Crippen LogP contribution is -2.36. The molecule has 2 aliphatic rings. The summed E-state index contributed by atoms with van der Waals surface area (Å²) in [5.74, 6) is 1.58. The Morgan fingerprint density at radius 3 is 2.38 bits per heavy atom. The van der Waals surface area contributed by atoms with E-state index in [4.69, 9.17) is 10.5 Å². The van der Waals surface area contributed by atoms with Crippen LogP contribution in [0.3, 0.4) is 0 Å². The van der Waals surface area contributed by atoms with Gasteiger partial charge in [-0.3, -0.25) is 4.90 Å². The molecule has 1 atom stereocenters. The number of rotatable bonds is 6. The molecule has 2 fully saturated rings. The van der Waals surface area contributed by atoms with Crippen molar-refractivity contribution in [2.45, 2.75) is 37.6 Å². The molecule has 0 bridgehead atoms. The van der Waals surface area contributed by atoms with Crippen LogP contribution in [0.4, 0.5) is 0 Å². The molecule has 3 heteroatoms. The Bertz CT molecular complexity index is 435. The molecule has 3 rings (SSSR count). The fourth-order valence-electron chi connectivity index (χ4n) is 3.44. The van der Waals surface area contributed by atoms with Gasteiger partial charge in [0.2, 0.25) is 0 Å². The van der Waals surface area contributed by atoms with Gasteiger partial charge in [0.25, 0.3) is 0 Å². The monoisotopic (exact) mass is 288 g/mol. The lowest BCUT2D eigenvalue weighted by molar-refractivity contribution is 0.0507. The van der Waals surface area contributed by atoms with Crippen LogP contribution in [0.1, 0.15) is 48.8 Å². The molecule has 1 aliphatic carbocycles. The van der Waals surface area contributed by atoms with Crippen LogP contribution in [0.2, 0.25) is 0 Å². The number of likely N-dealkylation sites (N-methyl/N-ethyl adjacent to an activating group) is 1. The lowest BCUT2D eigenvalue weighted by atomic mass is 9.97. The van der Waals surface area contributed by atoms with Gasteiger partial charge in [-0.1, -0.05) is 24.3 Å². The predicted molar refractivity (Wildman–Crippen MR) is 86.4 cm³/mol. The summed E-state index contributed by atoms with van der Waals surface area (Å²) in [6, 6.07) is 9.51. The third-order valence-corrected chi connectivity index (χ3v) is 5.01. The van der Waals surface area contributed by atoms with E-state index in [0.29, 0.717) is 12.6 Å². The molecule has 21 heavy (non-hydrogen) atoms. The Hall–Kier alpha value is -0.900. The number of hydrogen-bond acceptors (Lipinski definition) is 3. The summed E-state index contributed by atoms with van der Waals surface area (Å²) in [7, 11) is 2.21. The number of ether oxygens (including phenoxy) is 1. The van der Waals surface area contributed by atoms with Crippen molar-refractivity contribution in [2.75, 3.05) is 33.4 Å². The zero-order valence-corrected chi connectivity index (χ0v) is 13.1. The van der Waals surface area contributed by atoms with Crippen molar-refractivity contribution >= 4 is 0 Å². The Labute approximate surface area is 128 Å². The van der Waals surface area contributed by atoms with Crippen LogP contribution in [-0.2, 0) is 4.74 Å². The molecule has 0 amide bonds. The molecule has 1 saturated carbocycles. The first kappa shape index (κ1) is 15.0. The van der Waals surface area contributed by atoms with E-state index in [2.05, 4.69) is 36.2 Å². The van der Waals surface area contributed by atoms with Crippen LogP contribution in [-0.4, -0.2) is 38.3 Å². The second kappa shape index (κ2) is 6.91. The van der Waals surface area contributed by atoms with E-state index in [1.54, 1.807) is 0 Å². The van der Waals surface area contributed by atoms with E-state index >= 15 is 0 Å². The van der Waals surface area contributed by atoms with E-state index < -0.39 is 0 Å². The van der Waals surface area contributed by atoms with Crippen molar-refractivity contribution in [1.29, 1.82) is 0 Å². The standard InChI is InChI=1S/C18H28N2O/c1-20(13-14-8-10-21-11-9-14)18(12-19)17-6-4-16(5-7-17)15-2-3-15/h4-7,14-15,18H,2-3,8-13,19H2,1H3. The molecule has 3 nitrogen and oxygen atoms in total. The van der Waals surface area contributed by atoms with Gasteiger partial charge < -0.3 is 10.5 Å². The molecule has 1 aromatic carbocycles. The smallest absolute Gasteiger partial charge is 0.0469 e. The van der Waals surface area contributed by atoms with Crippen LogP contribution < -0.4 is 5.73 Å². The number of hydrogen-bond donors (Lipinski definition) is 1. The van der Waals surface area contributed by atoms with Gasteiger partial charge in [-0.25, -0.2) is 0 Å². The van der Waals surface area contributed by atoms with Crippen LogP contribution in [0.15, 0.2) is 24.3 Å². The summed E-state index contributed by atoms with van der Waals surface area (Å²) < 4.78 is 5.45. The van der Waals surface area contributed by atoms with Crippen LogP contribution in [0.25, 0.3) is 0 Å². The molecular formula is C18H28N2O. The fraction of sp³-hybridized carbons (Fsp3) is 0.667. The van der Waals surface area contributed by atoms with Gasteiger partial charge in [-0.2, -0.15) is 0 Å². The van der Waals surface area contributed by atoms with Gasteiger partial charge in [0.15, 0.2) is 0 Å². The third-order valence-electron chi connectivity index (χ3n) is 5.01. The SMILES string of the molecule is CN(CC1CCOCC1)C(CN)c1ccc(C2CC2)cc1. The van der Waals surface area contributed by atoms with Crippen molar-refractivity contribution in [1.82, 2.24) is 4.90 Å². The zero-order valence-electron chi connectivity index (χ0n) is 13.1. The fourth-order valence-corrected chi connectivity index (χ4v) is 3.44. The van der Waals surface area contributed by atoms with E-state index in [1.165, 1.54) is 36.8 Å². The summed E-state index contributed by atoms with van der Waals surface area (Å²) in [5.41, 5.74) is 8.91. The summed E-state index contributed by atoms with van der Waals surface area (Å²) in [6.45, 7) is 3.64. The molecule has 2 N–H and O–H groups in total. The maximum Gasteiger partial charge on any atom is 0.0469 e.